The number of hydrogen-bond acceptors (Lipinski definition) is 6. The van der Waals surface area contributed by atoms with Crippen molar-refractivity contribution in [3.63, 3.8) is 0 Å². The number of ether oxygens (including phenoxy) is 1. The van der Waals surface area contributed by atoms with Gasteiger partial charge in [0.1, 0.15) is 5.69 Å². The summed E-state index contributed by atoms with van der Waals surface area (Å²) in [6, 6.07) is 13.7. The molecule has 1 saturated heterocycles. The van der Waals surface area contributed by atoms with Crippen LogP contribution in [0.15, 0.2) is 54.9 Å². The van der Waals surface area contributed by atoms with Crippen molar-refractivity contribution >= 4 is 16.8 Å². The molecular weight excluding hydrogens is 440 g/mol. The molecule has 1 fully saturated rings. The Labute approximate surface area is 203 Å². The van der Waals surface area contributed by atoms with Crippen LogP contribution in [0.5, 0.6) is 0 Å². The second-order valence-corrected chi connectivity index (χ2v) is 9.01. The van der Waals surface area contributed by atoms with Crippen LogP contribution in [0.3, 0.4) is 0 Å². The highest BCUT2D eigenvalue weighted by Gasteiger charge is 2.25. The van der Waals surface area contributed by atoms with Crippen LogP contribution in [0, 0.1) is 0 Å². The quantitative estimate of drug-likeness (QED) is 0.468. The van der Waals surface area contributed by atoms with Gasteiger partial charge in [0, 0.05) is 67.3 Å². The van der Waals surface area contributed by atoms with Crippen LogP contribution in [0.2, 0.25) is 0 Å². The summed E-state index contributed by atoms with van der Waals surface area (Å²) in [4.78, 5) is 24.3. The molecule has 3 aromatic heterocycles. The maximum Gasteiger partial charge on any atom is 0.251 e. The molecular formula is C27H28N6O2. The first-order chi connectivity index (χ1) is 17.3. The number of amides is 1. The van der Waals surface area contributed by atoms with E-state index in [1.807, 2.05) is 48.7 Å². The average molecular weight is 469 g/mol. The number of pyridine rings is 2. The van der Waals surface area contributed by atoms with Crippen LogP contribution >= 0.6 is 0 Å². The summed E-state index contributed by atoms with van der Waals surface area (Å²) < 4.78 is 7.50. The van der Waals surface area contributed by atoms with Crippen LogP contribution < -0.4 is 5.32 Å². The van der Waals surface area contributed by atoms with Crippen molar-refractivity contribution in [3.05, 3.63) is 66.1 Å². The minimum Gasteiger partial charge on any atom is -0.379 e. The Hall–Kier alpha value is -3.62. The molecule has 6 rings (SSSR count). The normalized spacial score (nSPS) is 15.9. The number of aromatic nitrogens is 4. The van der Waals surface area contributed by atoms with Gasteiger partial charge in [-0.25, -0.2) is 0 Å². The summed E-state index contributed by atoms with van der Waals surface area (Å²) in [5.41, 5.74) is 6.63. The zero-order chi connectivity index (χ0) is 23.6. The fraction of sp³-hybridized carbons (Fsp3) is 0.333. The highest BCUT2D eigenvalue weighted by molar-refractivity contribution is 6.03. The number of aryl methyl sites for hydroxylation is 1. The third kappa shape index (κ3) is 4.31. The molecule has 1 amide bonds. The van der Waals surface area contributed by atoms with Gasteiger partial charge in [0.15, 0.2) is 0 Å². The molecule has 8 heteroatoms. The SMILES string of the molecule is O=C(NCCN1CCOCC1)c1ccc2c(-c3c(-c4ccccn4)nn4c3CCC4)ccnc2c1. The minimum atomic E-state index is -0.0760. The number of hydrogen-bond donors (Lipinski definition) is 1. The number of carbonyl (C=O) groups is 1. The molecule has 8 nitrogen and oxygen atoms in total. The number of carbonyl (C=O) groups excluding carboxylic acids is 1. The number of rotatable bonds is 6. The molecule has 0 aliphatic carbocycles. The second kappa shape index (κ2) is 9.56. The van der Waals surface area contributed by atoms with Crippen molar-refractivity contribution in [1.29, 1.82) is 0 Å². The first-order valence-corrected chi connectivity index (χ1v) is 12.3. The summed E-state index contributed by atoms with van der Waals surface area (Å²) in [5.74, 6) is -0.0760. The number of morpholine rings is 1. The van der Waals surface area contributed by atoms with Gasteiger partial charge < -0.3 is 10.1 Å². The van der Waals surface area contributed by atoms with E-state index in [0.29, 0.717) is 12.1 Å². The van der Waals surface area contributed by atoms with Gasteiger partial charge in [-0.1, -0.05) is 12.1 Å². The van der Waals surface area contributed by atoms with Crippen LogP contribution in [0.4, 0.5) is 0 Å². The van der Waals surface area contributed by atoms with E-state index < -0.39 is 0 Å². The fourth-order valence-corrected chi connectivity index (χ4v) is 5.06. The molecule has 0 atom stereocenters. The van der Waals surface area contributed by atoms with E-state index in [9.17, 15) is 4.79 Å². The van der Waals surface area contributed by atoms with E-state index in [4.69, 9.17) is 9.84 Å². The first-order valence-electron chi connectivity index (χ1n) is 12.3. The molecule has 2 aliphatic rings. The number of nitrogens with one attached hydrogen (secondary N) is 1. The third-order valence-electron chi connectivity index (χ3n) is 6.84. The van der Waals surface area contributed by atoms with E-state index in [1.54, 1.807) is 6.20 Å². The van der Waals surface area contributed by atoms with E-state index in [1.165, 1.54) is 5.69 Å². The topological polar surface area (TPSA) is 85.2 Å². The van der Waals surface area contributed by atoms with Crippen molar-refractivity contribution in [2.75, 3.05) is 39.4 Å². The molecule has 2 aliphatic heterocycles. The maximum atomic E-state index is 12.8. The van der Waals surface area contributed by atoms with Gasteiger partial charge in [0.05, 0.1) is 24.4 Å². The molecule has 1 aromatic carbocycles. The second-order valence-electron chi connectivity index (χ2n) is 9.01. The van der Waals surface area contributed by atoms with Crippen molar-refractivity contribution in [1.82, 2.24) is 30.0 Å². The van der Waals surface area contributed by atoms with Gasteiger partial charge in [-0.05, 0) is 48.7 Å². The molecule has 4 aromatic rings. The zero-order valence-corrected chi connectivity index (χ0v) is 19.6. The summed E-state index contributed by atoms with van der Waals surface area (Å²) in [5, 5.41) is 8.98. The molecule has 0 unspecified atom stereocenters. The smallest absolute Gasteiger partial charge is 0.251 e. The summed E-state index contributed by atoms with van der Waals surface area (Å²) in [6.07, 6.45) is 5.70. The predicted molar refractivity (Wildman–Crippen MR) is 134 cm³/mol. The molecule has 0 bridgehead atoms. The monoisotopic (exact) mass is 468 g/mol. The predicted octanol–water partition coefficient (Wildman–Crippen LogP) is 3.17. The Balaban J connectivity index is 1.30. The molecule has 0 radical (unpaired) electrons. The van der Waals surface area contributed by atoms with Gasteiger partial charge >= 0.3 is 0 Å². The van der Waals surface area contributed by atoms with E-state index in [2.05, 4.69) is 24.9 Å². The number of fused-ring (bicyclic) bond motifs is 2. The van der Waals surface area contributed by atoms with E-state index >= 15 is 0 Å². The third-order valence-corrected chi connectivity index (χ3v) is 6.84. The Morgan fingerprint density at radius 3 is 2.80 bits per heavy atom. The van der Waals surface area contributed by atoms with Crippen molar-refractivity contribution in [2.45, 2.75) is 19.4 Å². The van der Waals surface area contributed by atoms with Gasteiger partial charge in [0.25, 0.3) is 5.91 Å². The average Bonchev–Trinajstić information content (AvgIpc) is 3.51. The van der Waals surface area contributed by atoms with E-state index in [0.717, 1.165) is 85.7 Å². The lowest BCUT2D eigenvalue weighted by Gasteiger charge is -2.26. The highest BCUT2D eigenvalue weighted by atomic mass is 16.5. The van der Waals surface area contributed by atoms with Gasteiger partial charge in [-0.15, -0.1) is 0 Å². The fourth-order valence-electron chi connectivity index (χ4n) is 5.06. The Kier molecular flexibility index (Phi) is 5.98. The molecule has 178 valence electrons. The van der Waals surface area contributed by atoms with Gasteiger partial charge in [-0.3, -0.25) is 24.3 Å². The number of nitrogens with zero attached hydrogens (tertiary/aromatic N) is 5. The molecule has 0 saturated carbocycles. The van der Waals surface area contributed by atoms with Crippen LogP contribution in [-0.2, 0) is 17.7 Å². The van der Waals surface area contributed by atoms with Crippen molar-refractivity contribution < 1.29 is 9.53 Å². The highest BCUT2D eigenvalue weighted by Crippen LogP contribution is 2.39. The first kappa shape index (κ1) is 21.9. The Morgan fingerprint density at radius 1 is 1.03 bits per heavy atom. The van der Waals surface area contributed by atoms with Gasteiger partial charge in [-0.2, -0.15) is 5.10 Å². The summed E-state index contributed by atoms with van der Waals surface area (Å²) >= 11 is 0. The minimum absolute atomic E-state index is 0.0760. The summed E-state index contributed by atoms with van der Waals surface area (Å²) in [7, 11) is 0. The maximum absolute atomic E-state index is 12.8. The van der Waals surface area contributed by atoms with Crippen molar-refractivity contribution in [3.8, 4) is 22.5 Å². The largest absolute Gasteiger partial charge is 0.379 e. The van der Waals surface area contributed by atoms with Crippen LogP contribution in [0.1, 0.15) is 22.5 Å². The lowest BCUT2D eigenvalue weighted by molar-refractivity contribution is 0.0383. The van der Waals surface area contributed by atoms with E-state index in [-0.39, 0.29) is 5.91 Å². The lowest BCUT2D eigenvalue weighted by Crippen LogP contribution is -2.41. The lowest BCUT2D eigenvalue weighted by atomic mass is 9.96. The molecule has 5 heterocycles. The number of benzene rings is 1. The van der Waals surface area contributed by atoms with Crippen molar-refractivity contribution in [2.24, 2.45) is 0 Å². The Bertz CT molecular complexity index is 1360. The molecule has 0 spiro atoms. The van der Waals surface area contributed by atoms with Crippen LogP contribution in [0.25, 0.3) is 33.4 Å². The van der Waals surface area contributed by atoms with Gasteiger partial charge in [0.2, 0.25) is 0 Å². The molecule has 1 N–H and O–H groups in total. The Morgan fingerprint density at radius 2 is 1.94 bits per heavy atom. The summed E-state index contributed by atoms with van der Waals surface area (Å²) in [6.45, 7) is 5.71. The molecule has 35 heavy (non-hydrogen) atoms. The standard InChI is InChI=1S/C27H28N6O2/c34-27(30-11-13-32-14-16-35-17-15-32)19-6-7-20-21(8-10-29-23(20)18-19)25-24-5-3-12-33(24)31-26(25)22-4-1-2-9-28-22/h1-2,4,6-10,18H,3,5,11-17H2,(H,30,34). The zero-order valence-electron chi connectivity index (χ0n) is 19.6. The van der Waals surface area contributed by atoms with Crippen LogP contribution in [-0.4, -0.2) is 69.9 Å².